The smallest absolute Gasteiger partial charge is 0.325 e. The number of carbonyl (C=O) groups is 2. The van der Waals surface area contributed by atoms with Gasteiger partial charge in [-0.2, -0.15) is 0 Å². The molecular weight excluding hydrogens is 398 g/mol. The third-order valence-electron chi connectivity index (χ3n) is 5.74. The molecule has 1 aromatic heterocycles. The highest BCUT2D eigenvalue weighted by atomic mass is 32.1. The number of hydrogen-bond donors (Lipinski definition) is 1. The number of urea groups is 1. The topological polar surface area (TPSA) is 71.5 Å². The molecule has 0 bridgehead atoms. The van der Waals surface area contributed by atoms with E-state index in [0.29, 0.717) is 30.0 Å². The number of nitrogens with one attached hydrogen (secondary N) is 1. The molecule has 6 nitrogen and oxygen atoms in total. The first kappa shape index (κ1) is 18.8. The van der Waals surface area contributed by atoms with E-state index in [-0.39, 0.29) is 12.5 Å². The molecule has 1 N–H and O–H groups in total. The summed E-state index contributed by atoms with van der Waals surface area (Å²) >= 11 is 1.52. The summed E-state index contributed by atoms with van der Waals surface area (Å²) < 4.78 is 5.68. The Morgan fingerprint density at radius 1 is 1.17 bits per heavy atom. The van der Waals surface area contributed by atoms with Crippen molar-refractivity contribution in [2.24, 2.45) is 0 Å². The van der Waals surface area contributed by atoms with E-state index in [2.05, 4.69) is 41.5 Å². The predicted octanol–water partition coefficient (Wildman–Crippen LogP) is 4.10. The molecule has 3 heterocycles. The number of amides is 3. The highest BCUT2D eigenvalue weighted by Crippen LogP contribution is 2.41. The van der Waals surface area contributed by atoms with Crippen molar-refractivity contribution in [2.75, 3.05) is 6.61 Å². The van der Waals surface area contributed by atoms with Crippen LogP contribution in [0.5, 0.6) is 5.75 Å². The molecule has 5 rings (SSSR count). The molecule has 0 aliphatic carbocycles. The lowest BCUT2D eigenvalue weighted by Crippen LogP contribution is -2.47. The van der Waals surface area contributed by atoms with E-state index in [4.69, 9.17) is 4.74 Å². The third-order valence-corrected chi connectivity index (χ3v) is 6.68. The van der Waals surface area contributed by atoms with Gasteiger partial charge in [0.05, 0.1) is 18.8 Å². The molecule has 0 saturated carbocycles. The van der Waals surface area contributed by atoms with Gasteiger partial charge < -0.3 is 10.1 Å². The predicted molar refractivity (Wildman–Crippen MR) is 114 cm³/mol. The Labute approximate surface area is 178 Å². The maximum absolute atomic E-state index is 13.4. The normalized spacial score (nSPS) is 20.2. The van der Waals surface area contributed by atoms with Gasteiger partial charge in [-0.25, -0.2) is 9.78 Å². The lowest BCUT2D eigenvalue weighted by molar-refractivity contribution is -0.133. The first-order valence-corrected chi connectivity index (χ1v) is 10.9. The van der Waals surface area contributed by atoms with Gasteiger partial charge in [0, 0.05) is 22.9 Å². The number of nitrogens with zero attached hydrogens (tertiary/aromatic N) is 2. The Hall–Kier alpha value is -3.19. The summed E-state index contributed by atoms with van der Waals surface area (Å²) in [4.78, 5) is 32.0. The minimum Gasteiger partial charge on any atom is -0.493 e. The number of aryl methyl sites for hydroxylation is 1. The van der Waals surface area contributed by atoms with E-state index in [1.165, 1.54) is 21.8 Å². The van der Waals surface area contributed by atoms with Crippen molar-refractivity contribution >= 4 is 23.3 Å². The van der Waals surface area contributed by atoms with Crippen LogP contribution in [0.15, 0.2) is 53.9 Å². The Balaban J connectivity index is 1.40. The van der Waals surface area contributed by atoms with Crippen LogP contribution in [0.4, 0.5) is 4.79 Å². The molecule has 2 aliphatic heterocycles. The molecule has 7 heteroatoms. The molecular formula is C23H21N3O3S. The quantitative estimate of drug-likeness (QED) is 0.646. The van der Waals surface area contributed by atoms with Crippen molar-refractivity contribution < 1.29 is 14.3 Å². The van der Waals surface area contributed by atoms with Crippen LogP contribution in [0.25, 0.3) is 10.6 Å². The number of thiazole rings is 1. The zero-order chi connectivity index (χ0) is 20.7. The van der Waals surface area contributed by atoms with Gasteiger partial charge in [0.25, 0.3) is 5.91 Å². The number of benzene rings is 2. The highest BCUT2D eigenvalue weighted by Gasteiger charge is 2.54. The van der Waals surface area contributed by atoms with E-state index in [1.54, 1.807) is 0 Å². The number of aromatic nitrogens is 1. The number of rotatable bonds is 4. The fraction of sp³-hybridized carbons (Fsp3) is 0.261. The second kappa shape index (κ2) is 7.25. The van der Waals surface area contributed by atoms with Crippen LogP contribution < -0.4 is 10.1 Å². The lowest BCUT2D eigenvalue weighted by Gasteiger charge is -2.33. The fourth-order valence-electron chi connectivity index (χ4n) is 4.07. The Morgan fingerprint density at radius 2 is 1.97 bits per heavy atom. The molecule has 152 valence electrons. The summed E-state index contributed by atoms with van der Waals surface area (Å²) in [5.74, 6) is 0.399. The summed E-state index contributed by atoms with van der Waals surface area (Å²) in [6.07, 6.45) is 1.41. The SMILES string of the molecule is CCc1ccc(-c2nc(CN3C(=O)NC4(CCOc5ccccc54)C3=O)cs2)cc1. The highest BCUT2D eigenvalue weighted by molar-refractivity contribution is 7.13. The monoisotopic (exact) mass is 419 g/mol. The zero-order valence-electron chi connectivity index (χ0n) is 16.6. The second-order valence-corrected chi connectivity index (χ2v) is 8.37. The van der Waals surface area contributed by atoms with Crippen LogP contribution in [0.2, 0.25) is 0 Å². The second-order valence-electron chi connectivity index (χ2n) is 7.52. The van der Waals surface area contributed by atoms with Crippen molar-refractivity contribution in [1.82, 2.24) is 15.2 Å². The van der Waals surface area contributed by atoms with Gasteiger partial charge in [0.2, 0.25) is 0 Å². The van der Waals surface area contributed by atoms with Crippen LogP contribution in [-0.4, -0.2) is 28.4 Å². The minimum absolute atomic E-state index is 0.152. The van der Waals surface area contributed by atoms with Crippen LogP contribution in [-0.2, 0) is 23.3 Å². The van der Waals surface area contributed by atoms with Gasteiger partial charge in [0.15, 0.2) is 5.54 Å². The maximum Gasteiger partial charge on any atom is 0.325 e. The first-order valence-electron chi connectivity index (χ1n) is 10.0. The summed E-state index contributed by atoms with van der Waals surface area (Å²) in [7, 11) is 0. The van der Waals surface area contributed by atoms with Crippen molar-refractivity contribution in [2.45, 2.75) is 31.8 Å². The Kier molecular flexibility index (Phi) is 4.55. The molecule has 1 fully saturated rings. The third kappa shape index (κ3) is 2.97. The molecule has 0 radical (unpaired) electrons. The van der Waals surface area contributed by atoms with Gasteiger partial charge in [-0.05, 0) is 18.1 Å². The van der Waals surface area contributed by atoms with Crippen LogP contribution >= 0.6 is 11.3 Å². The van der Waals surface area contributed by atoms with Gasteiger partial charge in [-0.15, -0.1) is 11.3 Å². The Morgan fingerprint density at radius 3 is 2.77 bits per heavy atom. The number of carbonyl (C=O) groups excluding carboxylic acids is 2. The van der Waals surface area contributed by atoms with E-state index >= 15 is 0 Å². The largest absolute Gasteiger partial charge is 0.493 e. The number of imide groups is 1. The summed E-state index contributed by atoms with van der Waals surface area (Å²) in [5.41, 5.74) is 2.68. The standard InChI is InChI=1S/C23H21N3O3S/c1-2-15-7-9-16(10-8-15)20-24-17(14-30-20)13-26-21(27)23(25-22(26)28)11-12-29-19-6-4-3-5-18(19)23/h3-10,14H,2,11-13H2,1H3,(H,25,28). The number of ether oxygens (including phenoxy) is 1. The molecule has 30 heavy (non-hydrogen) atoms. The number of para-hydroxylation sites is 1. The van der Waals surface area contributed by atoms with Gasteiger partial charge in [-0.1, -0.05) is 49.4 Å². The van der Waals surface area contributed by atoms with Crippen molar-refractivity contribution in [3.8, 4) is 16.3 Å². The van der Waals surface area contributed by atoms with Crippen LogP contribution in [0, 0.1) is 0 Å². The summed E-state index contributed by atoms with van der Waals surface area (Å²) in [6, 6.07) is 15.3. The molecule has 1 spiro atoms. The summed E-state index contributed by atoms with van der Waals surface area (Å²) in [6.45, 7) is 2.66. The van der Waals surface area contributed by atoms with Crippen molar-refractivity contribution in [1.29, 1.82) is 0 Å². The first-order chi connectivity index (χ1) is 14.6. The van der Waals surface area contributed by atoms with Crippen LogP contribution in [0.3, 0.4) is 0 Å². The average Bonchev–Trinajstić information content (AvgIpc) is 3.34. The molecule has 2 aliphatic rings. The molecule has 1 unspecified atom stereocenters. The summed E-state index contributed by atoms with van der Waals surface area (Å²) in [5, 5.41) is 5.72. The Bertz CT molecular complexity index is 1120. The van der Waals surface area contributed by atoms with E-state index < -0.39 is 11.6 Å². The van der Waals surface area contributed by atoms with E-state index in [0.717, 1.165) is 17.0 Å². The maximum atomic E-state index is 13.4. The van der Waals surface area contributed by atoms with E-state index in [9.17, 15) is 9.59 Å². The minimum atomic E-state index is -1.05. The molecule has 2 aromatic carbocycles. The van der Waals surface area contributed by atoms with Gasteiger partial charge in [0.1, 0.15) is 10.8 Å². The van der Waals surface area contributed by atoms with Gasteiger partial charge >= 0.3 is 6.03 Å². The molecule has 3 aromatic rings. The zero-order valence-corrected chi connectivity index (χ0v) is 17.4. The van der Waals surface area contributed by atoms with Gasteiger partial charge in [-0.3, -0.25) is 9.69 Å². The van der Waals surface area contributed by atoms with Crippen LogP contribution in [0.1, 0.15) is 30.2 Å². The lowest BCUT2D eigenvalue weighted by atomic mass is 9.84. The molecule has 1 atom stereocenters. The molecule has 1 saturated heterocycles. The molecule has 3 amide bonds. The fourth-order valence-corrected chi connectivity index (χ4v) is 4.89. The van der Waals surface area contributed by atoms with E-state index in [1.807, 2.05) is 29.6 Å². The average molecular weight is 420 g/mol. The van der Waals surface area contributed by atoms with Crippen molar-refractivity contribution in [3.05, 3.63) is 70.7 Å². The van der Waals surface area contributed by atoms with Crippen molar-refractivity contribution in [3.63, 3.8) is 0 Å². The number of fused-ring (bicyclic) bond motifs is 2. The number of hydrogen-bond acceptors (Lipinski definition) is 5.